The van der Waals surface area contributed by atoms with Crippen LogP contribution in [-0.2, 0) is 14.3 Å². The molecule has 3 saturated heterocycles. The van der Waals surface area contributed by atoms with Crippen molar-refractivity contribution in [1.82, 2.24) is 25.5 Å². The number of likely N-dealkylation sites (tertiary alicyclic amines) is 1. The quantitative estimate of drug-likeness (QED) is 0.406. The van der Waals surface area contributed by atoms with E-state index in [2.05, 4.69) is 25.9 Å². The molecule has 0 spiro atoms. The molecular weight excluding hydrogens is 575 g/mol. The predicted molar refractivity (Wildman–Crippen MR) is 159 cm³/mol. The summed E-state index contributed by atoms with van der Waals surface area (Å²) in [6.45, 7) is 2.61. The Balaban J connectivity index is 1.01. The molecule has 1 unspecified atom stereocenters. The van der Waals surface area contributed by atoms with Gasteiger partial charge < -0.3 is 25.6 Å². The van der Waals surface area contributed by atoms with Gasteiger partial charge in [-0.25, -0.2) is 19.3 Å². The zero-order chi connectivity index (χ0) is 30.7. The van der Waals surface area contributed by atoms with Crippen molar-refractivity contribution in [2.45, 2.75) is 75.5 Å². The number of ether oxygens (including phenoxy) is 1. The lowest BCUT2D eigenvalue weighted by atomic mass is 9.88. The highest BCUT2D eigenvalue weighted by atomic mass is 19.3. The zero-order valence-electron chi connectivity index (χ0n) is 24.7. The second-order valence-electron chi connectivity index (χ2n) is 12.3. The predicted octanol–water partition coefficient (Wildman–Crippen LogP) is 3.54. The Kier molecular flexibility index (Phi) is 9.34. The largest absolute Gasteiger partial charge is 0.370 e. The van der Waals surface area contributed by atoms with Crippen LogP contribution in [0.3, 0.4) is 0 Å². The molecule has 3 aliphatic heterocycles. The molecule has 10 nitrogen and oxygen atoms in total. The lowest BCUT2D eigenvalue weighted by Crippen LogP contribution is -2.57. The van der Waals surface area contributed by atoms with E-state index in [4.69, 9.17) is 4.74 Å². The number of carbonyl (C=O) groups excluding carboxylic acids is 2. The van der Waals surface area contributed by atoms with Crippen LogP contribution < -0.4 is 20.9 Å². The number of halogens is 3. The number of nitrogens with zero attached hydrogens (tertiary/aromatic N) is 4. The highest BCUT2D eigenvalue weighted by Gasteiger charge is 2.48. The number of rotatable bonds is 7. The molecule has 4 fully saturated rings. The lowest BCUT2D eigenvalue weighted by molar-refractivity contribution is -0.201. The van der Waals surface area contributed by atoms with E-state index in [1.807, 2.05) is 0 Å². The molecule has 1 atom stereocenters. The molecule has 1 saturated carbocycles. The van der Waals surface area contributed by atoms with Gasteiger partial charge in [0.2, 0.25) is 11.9 Å². The summed E-state index contributed by atoms with van der Waals surface area (Å²) in [4.78, 5) is 36.8. The summed E-state index contributed by atoms with van der Waals surface area (Å²) < 4.78 is 50.1. The van der Waals surface area contributed by atoms with E-state index >= 15 is 8.78 Å². The molecule has 4 aliphatic rings. The first kappa shape index (κ1) is 30.7. The smallest absolute Gasteiger partial charge is 0.305 e. The first-order chi connectivity index (χ1) is 21.3. The van der Waals surface area contributed by atoms with Crippen LogP contribution in [0.5, 0.6) is 0 Å². The van der Waals surface area contributed by atoms with E-state index in [0.29, 0.717) is 62.5 Å². The zero-order valence-corrected chi connectivity index (χ0v) is 24.7. The highest BCUT2D eigenvalue weighted by molar-refractivity contribution is 5.95. The van der Waals surface area contributed by atoms with Crippen LogP contribution in [0.25, 0.3) is 11.3 Å². The van der Waals surface area contributed by atoms with E-state index in [9.17, 15) is 14.0 Å². The number of anilines is 2. The fourth-order valence-electron chi connectivity index (χ4n) is 6.90. The van der Waals surface area contributed by atoms with Crippen LogP contribution in [0.1, 0.15) is 51.4 Å². The Morgan fingerprint density at radius 3 is 2.57 bits per heavy atom. The number of amides is 2. The number of morpholine rings is 1. The van der Waals surface area contributed by atoms with Gasteiger partial charge in [0.15, 0.2) is 5.82 Å². The Morgan fingerprint density at radius 1 is 1.05 bits per heavy atom. The normalized spacial score (nSPS) is 26.8. The third-order valence-electron chi connectivity index (χ3n) is 9.32. The number of benzene rings is 1. The summed E-state index contributed by atoms with van der Waals surface area (Å²) in [7, 11) is 0. The summed E-state index contributed by atoms with van der Waals surface area (Å²) in [5.74, 6) is -1.39. The fourth-order valence-corrected chi connectivity index (χ4v) is 6.90. The molecule has 238 valence electrons. The van der Waals surface area contributed by atoms with Crippen LogP contribution in [-0.4, -0.2) is 90.2 Å². The number of piperidine rings is 2. The maximum Gasteiger partial charge on any atom is 0.305 e. The van der Waals surface area contributed by atoms with E-state index in [1.165, 1.54) is 4.90 Å². The summed E-state index contributed by atoms with van der Waals surface area (Å²) in [5, 5.41) is 9.55. The summed E-state index contributed by atoms with van der Waals surface area (Å²) >= 11 is 0. The van der Waals surface area contributed by atoms with Crippen LogP contribution in [0.2, 0.25) is 0 Å². The van der Waals surface area contributed by atoms with Crippen molar-refractivity contribution < 1.29 is 27.5 Å². The topological polar surface area (TPSA) is 112 Å². The summed E-state index contributed by atoms with van der Waals surface area (Å²) in [5.41, 5.74) is 1.32. The second kappa shape index (κ2) is 13.4. The number of hydrogen-bond acceptors (Lipinski definition) is 8. The molecule has 3 N–H and O–H groups in total. The van der Waals surface area contributed by atoms with Gasteiger partial charge in [-0.1, -0.05) is 12.1 Å². The number of hydrogen-bond donors (Lipinski definition) is 3. The Labute approximate surface area is 255 Å². The van der Waals surface area contributed by atoms with Crippen molar-refractivity contribution >= 4 is 23.5 Å². The molecule has 1 aromatic carbocycles. The minimum absolute atomic E-state index is 0.0139. The molecule has 1 aromatic heterocycles. The Morgan fingerprint density at radius 2 is 1.82 bits per heavy atom. The SMILES string of the molecule is O=C(NC1CCC(Nc2ncc(F)c(-c3cccc(N4CCOCC4=O)c3)n2)CC1)C1CCN(C2CCNCC2)C(F)(F)C1. The molecule has 0 radical (unpaired) electrons. The number of alkyl halides is 2. The first-order valence-corrected chi connectivity index (χ1v) is 15.7. The van der Waals surface area contributed by atoms with Crippen molar-refractivity contribution in [1.29, 1.82) is 0 Å². The number of nitrogens with one attached hydrogen (secondary N) is 3. The van der Waals surface area contributed by atoms with Gasteiger partial charge in [-0.05, 0) is 70.2 Å². The second-order valence-corrected chi connectivity index (χ2v) is 12.3. The third kappa shape index (κ3) is 7.00. The van der Waals surface area contributed by atoms with Gasteiger partial charge in [0, 0.05) is 54.8 Å². The molecule has 4 heterocycles. The average Bonchev–Trinajstić information content (AvgIpc) is 3.03. The van der Waals surface area contributed by atoms with Crippen LogP contribution in [0.15, 0.2) is 30.5 Å². The van der Waals surface area contributed by atoms with Gasteiger partial charge in [0.25, 0.3) is 5.91 Å². The average molecular weight is 616 g/mol. The molecule has 2 amide bonds. The van der Waals surface area contributed by atoms with Crippen molar-refractivity contribution in [3.8, 4) is 11.3 Å². The van der Waals surface area contributed by atoms with Gasteiger partial charge in [-0.2, -0.15) is 8.78 Å². The molecule has 0 bridgehead atoms. The van der Waals surface area contributed by atoms with E-state index < -0.39 is 24.2 Å². The third-order valence-corrected chi connectivity index (χ3v) is 9.32. The van der Waals surface area contributed by atoms with Crippen molar-refractivity contribution in [3.63, 3.8) is 0 Å². The molecule has 1 aliphatic carbocycles. The van der Waals surface area contributed by atoms with Crippen molar-refractivity contribution in [3.05, 3.63) is 36.3 Å². The standard InChI is InChI=1S/C31H40F3N7O3/c32-26-18-36-30(39-28(26)20-2-1-3-25(16-20)40-14-15-44-19-27(40)42)38-23-6-4-22(5-7-23)37-29(43)21-10-13-41(31(33,34)17-21)24-8-11-35-12-9-24/h1-3,16,18,21-24,35H,4-15,17,19H2,(H,37,43)(H,36,38,39). The summed E-state index contributed by atoms with van der Waals surface area (Å²) in [6, 6.07) is 3.87. The van der Waals surface area contributed by atoms with E-state index in [0.717, 1.165) is 32.1 Å². The number of carbonyl (C=O) groups is 2. The Hall–Kier alpha value is -3.29. The fraction of sp³-hybridized carbons (Fsp3) is 0.613. The van der Waals surface area contributed by atoms with Gasteiger partial charge >= 0.3 is 6.05 Å². The maximum absolute atomic E-state index is 15.0. The molecular formula is C31H40F3N7O3. The van der Waals surface area contributed by atoms with Crippen molar-refractivity contribution in [2.75, 3.05) is 49.6 Å². The summed E-state index contributed by atoms with van der Waals surface area (Å²) in [6.07, 6.45) is 5.38. The van der Waals surface area contributed by atoms with E-state index in [1.54, 1.807) is 29.2 Å². The van der Waals surface area contributed by atoms with Crippen LogP contribution >= 0.6 is 0 Å². The minimum atomic E-state index is -2.97. The molecule has 6 rings (SSSR count). The van der Waals surface area contributed by atoms with Crippen LogP contribution in [0.4, 0.5) is 24.8 Å². The molecule has 13 heteroatoms. The van der Waals surface area contributed by atoms with Crippen molar-refractivity contribution in [2.24, 2.45) is 5.92 Å². The van der Waals surface area contributed by atoms with Gasteiger partial charge in [-0.15, -0.1) is 0 Å². The van der Waals surface area contributed by atoms with Crippen LogP contribution in [0, 0.1) is 11.7 Å². The first-order valence-electron chi connectivity index (χ1n) is 15.7. The lowest BCUT2D eigenvalue weighted by Gasteiger charge is -2.44. The van der Waals surface area contributed by atoms with Gasteiger partial charge in [0.1, 0.15) is 12.3 Å². The van der Waals surface area contributed by atoms with Gasteiger partial charge in [-0.3, -0.25) is 9.59 Å². The minimum Gasteiger partial charge on any atom is -0.370 e. The maximum atomic E-state index is 15.0. The monoisotopic (exact) mass is 615 g/mol. The number of aromatic nitrogens is 2. The molecule has 2 aromatic rings. The van der Waals surface area contributed by atoms with E-state index in [-0.39, 0.29) is 48.8 Å². The Bertz CT molecular complexity index is 1330. The van der Waals surface area contributed by atoms with Gasteiger partial charge in [0.05, 0.1) is 12.8 Å². The highest BCUT2D eigenvalue weighted by Crippen LogP contribution is 2.38. The molecule has 44 heavy (non-hydrogen) atoms.